The van der Waals surface area contributed by atoms with Gasteiger partial charge < -0.3 is 9.84 Å². The average Bonchev–Trinajstić information content (AvgIpc) is 2.70. The molecule has 0 aliphatic heterocycles. The highest BCUT2D eigenvalue weighted by Crippen LogP contribution is 2.27. The number of methoxy groups -OCH3 is 1. The highest BCUT2D eigenvalue weighted by atomic mass is 16.5. The van der Waals surface area contributed by atoms with E-state index in [1.54, 1.807) is 16.9 Å². The average molecular weight is 220 g/mol. The van der Waals surface area contributed by atoms with Crippen LogP contribution in [-0.2, 0) is 6.54 Å². The maximum atomic E-state index is 10.9. The van der Waals surface area contributed by atoms with E-state index < -0.39 is 5.97 Å². The maximum Gasteiger partial charge on any atom is 0.335 e. The van der Waals surface area contributed by atoms with Crippen LogP contribution in [0.3, 0.4) is 0 Å². The van der Waals surface area contributed by atoms with Crippen molar-refractivity contribution < 1.29 is 14.6 Å². The standard InChI is InChI=1S/C11H12N2O3/c1-3-13-9-4-7(11(14)15)5-10(16-2)8(9)6-12-13/h4-6H,3H2,1-2H3,(H,14,15). The molecule has 0 aliphatic rings. The lowest BCUT2D eigenvalue weighted by Crippen LogP contribution is -2.00. The zero-order valence-electron chi connectivity index (χ0n) is 9.10. The van der Waals surface area contributed by atoms with E-state index >= 15 is 0 Å². The monoisotopic (exact) mass is 220 g/mol. The van der Waals surface area contributed by atoms with E-state index in [2.05, 4.69) is 5.10 Å². The number of fused-ring (bicyclic) bond motifs is 1. The fraction of sp³-hybridized carbons (Fsp3) is 0.273. The van der Waals surface area contributed by atoms with Crippen LogP contribution in [0.15, 0.2) is 18.3 Å². The van der Waals surface area contributed by atoms with Crippen LogP contribution in [-0.4, -0.2) is 28.0 Å². The Hall–Kier alpha value is -2.04. The van der Waals surface area contributed by atoms with Crippen molar-refractivity contribution in [2.24, 2.45) is 0 Å². The Morgan fingerprint density at radius 2 is 2.31 bits per heavy atom. The van der Waals surface area contributed by atoms with Crippen molar-refractivity contribution in [3.63, 3.8) is 0 Å². The highest BCUT2D eigenvalue weighted by molar-refractivity contribution is 5.96. The van der Waals surface area contributed by atoms with Crippen molar-refractivity contribution >= 4 is 16.9 Å². The molecule has 84 valence electrons. The Bertz CT molecular complexity index is 545. The number of hydrogen-bond acceptors (Lipinski definition) is 3. The van der Waals surface area contributed by atoms with Gasteiger partial charge in [-0.3, -0.25) is 4.68 Å². The number of aromatic carboxylic acids is 1. The summed E-state index contributed by atoms with van der Waals surface area (Å²) < 4.78 is 6.90. The number of aryl methyl sites for hydroxylation is 1. The molecule has 0 saturated carbocycles. The van der Waals surface area contributed by atoms with Crippen molar-refractivity contribution in [3.8, 4) is 5.75 Å². The Labute approximate surface area is 92.2 Å². The second-order valence-electron chi connectivity index (χ2n) is 3.38. The first-order valence-corrected chi connectivity index (χ1v) is 4.94. The zero-order valence-corrected chi connectivity index (χ0v) is 9.10. The fourth-order valence-corrected chi connectivity index (χ4v) is 1.69. The lowest BCUT2D eigenvalue weighted by Gasteiger charge is -2.05. The summed E-state index contributed by atoms with van der Waals surface area (Å²) in [5, 5.41) is 14.0. The summed E-state index contributed by atoms with van der Waals surface area (Å²) >= 11 is 0. The first-order valence-electron chi connectivity index (χ1n) is 4.94. The van der Waals surface area contributed by atoms with Crippen LogP contribution in [0.5, 0.6) is 5.75 Å². The number of rotatable bonds is 3. The molecule has 1 heterocycles. The molecule has 0 fully saturated rings. The second-order valence-corrected chi connectivity index (χ2v) is 3.38. The molecule has 0 unspecified atom stereocenters. The van der Waals surface area contributed by atoms with Gasteiger partial charge in [0.05, 0.1) is 29.8 Å². The number of benzene rings is 1. The van der Waals surface area contributed by atoms with Gasteiger partial charge in [-0.1, -0.05) is 0 Å². The van der Waals surface area contributed by atoms with Gasteiger partial charge in [-0.2, -0.15) is 5.10 Å². The van der Waals surface area contributed by atoms with Gasteiger partial charge in [0.15, 0.2) is 0 Å². The molecule has 1 aromatic carbocycles. The second kappa shape index (κ2) is 3.84. The molecule has 0 radical (unpaired) electrons. The summed E-state index contributed by atoms with van der Waals surface area (Å²) in [6.45, 7) is 2.64. The van der Waals surface area contributed by atoms with E-state index in [-0.39, 0.29) is 5.56 Å². The predicted octanol–water partition coefficient (Wildman–Crippen LogP) is 1.76. The minimum absolute atomic E-state index is 0.208. The third kappa shape index (κ3) is 1.50. The third-order valence-electron chi connectivity index (χ3n) is 2.49. The van der Waals surface area contributed by atoms with Crippen molar-refractivity contribution in [2.75, 3.05) is 7.11 Å². The van der Waals surface area contributed by atoms with Crippen LogP contribution in [0.1, 0.15) is 17.3 Å². The highest BCUT2D eigenvalue weighted by Gasteiger charge is 2.12. The van der Waals surface area contributed by atoms with Gasteiger partial charge in [0.25, 0.3) is 0 Å². The normalized spacial score (nSPS) is 10.6. The molecule has 1 aromatic heterocycles. The molecule has 0 atom stereocenters. The maximum absolute atomic E-state index is 10.9. The summed E-state index contributed by atoms with van der Waals surface area (Å²) in [5.74, 6) is -0.432. The van der Waals surface area contributed by atoms with Gasteiger partial charge in [-0.05, 0) is 19.1 Å². The van der Waals surface area contributed by atoms with Crippen LogP contribution in [0.2, 0.25) is 0 Å². The Kier molecular flexibility index (Phi) is 2.52. The van der Waals surface area contributed by atoms with Crippen LogP contribution in [0, 0.1) is 0 Å². The van der Waals surface area contributed by atoms with Crippen molar-refractivity contribution in [3.05, 3.63) is 23.9 Å². The van der Waals surface area contributed by atoms with Crippen LogP contribution >= 0.6 is 0 Å². The van der Waals surface area contributed by atoms with Gasteiger partial charge in [0, 0.05) is 6.54 Å². The van der Waals surface area contributed by atoms with Crippen molar-refractivity contribution in [2.45, 2.75) is 13.5 Å². The topological polar surface area (TPSA) is 64.4 Å². The molecule has 0 amide bonds. The van der Waals surface area contributed by atoms with Gasteiger partial charge in [0.2, 0.25) is 0 Å². The van der Waals surface area contributed by atoms with E-state index in [1.165, 1.54) is 13.2 Å². The largest absolute Gasteiger partial charge is 0.496 e. The Morgan fingerprint density at radius 1 is 1.56 bits per heavy atom. The Balaban J connectivity index is 2.76. The number of hydrogen-bond donors (Lipinski definition) is 1. The van der Waals surface area contributed by atoms with E-state index in [0.717, 1.165) is 10.9 Å². The van der Waals surface area contributed by atoms with Gasteiger partial charge in [-0.15, -0.1) is 0 Å². The lowest BCUT2D eigenvalue weighted by atomic mass is 10.1. The molecule has 5 heteroatoms. The molecule has 0 spiro atoms. The first kappa shape index (κ1) is 10.5. The summed E-state index contributed by atoms with van der Waals surface area (Å²) in [6.07, 6.45) is 1.68. The molecule has 16 heavy (non-hydrogen) atoms. The van der Waals surface area contributed by atoms with E-state index in [0.29, 0.717) is 12.3 Å². The molecule has 1 N–H and O–H groups in total. The molecule has 5 nitrogen and oxygen atoms in total. The number of carbonyl (C=O) groups is 1. The smallest absolute Gasteiger partial charge is 0.335 e. The predicted molar refractivity (Wildman–Crippen MR) is 58.9 cm³/mol. The first-order chi connectivity index (χ1) is 7.67. The Morgan fingerprint density at radius 3 is 2.88 bits per heavy atom. The molecule has 2 rings (SSSR count). The number of nitrogens with zero attached hydrogens (tertiary/aromatic N) is 2. The molecule has 0 bridgehead atoms. The minimum Gasteiger partial charge on any atom is -0.496 e. The van der Waals surface area contributed by atoms with Crippen LogP contribution < -0.4 is 4.74 Å². The minimum atomic E-state index is -0.968. The third-order valence-corrected chi connectivity index (χ3v) is 2.49. The van der Waals surface area contributed by atoms with Gasteiger partial charge in [-0.25, -0.2) is 4.79 Å². The van der Waals surface area contributed by atoms with E-state index in [4.69, 9.17) is 9.84 Å². The fourth-order valence-electron chi connectivity index (χ4n) is 1.69. The number of aromatic nitrogens is 2. The SMILES string of the molecule is CCn1ncc2c(OC)cc(C(=O)O)cc21. The molecule has 0 saturated heterocycles. The van der Waals surface area contributed by atoms with E-state index in [9.17, 15) is 4.79 Å². The summed E-state index contributed by atoms with van der Waals surface area (Å²) in [5.41, 5.74) is 0.985. The van der Waals surface area contributed by atoms with Gasteiger partial charge in [0.1, 0.15) is 5.75 Å². The quantitative estimate of drug-likeness (QED) is 0.856. The van der Waals surface area contributed by atoms with Crippen molar-refractivity contribution in [1.29, 1.82) is 0 Å². The summed E-state index contributed by atoms with van der Waals surface area (Å²) in [6, 6.07) is 3.11. The zero-order chi connectivity index (χ0) is 11.7. The molecular formula is C11H12N2O3. The van der Waals surface area contributed by atoms with E-state index in [1.807, 2.05) is 6.92 Å². The number of ether oxygens (including phenoxy) is 1. The van der Waals surface area contributed by atoms with Crippen LogP contribution in [0.25, 0.3) is 10.9 Å². The van der Waals surface area contributed by atoms with Crippen molar-refractivity contribution in [1.82, 2.24) is 9.78 Å². The lowest BCUT2D eigenvalue weighted by molar-refractivity contribution is 0.0696. The van der Waals surface area contributed by atoms with Crippen LogP contribution in [0.4, 0.5) is 0 Å². The van der Waals surface area contributed by atoms with Gasteiger partial charge >= 0.3 is 5.97 Å². The summed E-state index contributed by atoms with van der Waals surface area (Å²) in [4.78, 5) is 10.9. The number of carboxylic acids is 1. The number of carboxylic acid groups (broad SMARTS) is 1. The molecular weight excluding hydrogens is 208 g/mol. The summed E-state index contributed by atoms with van der Waals surface area (Å²) in [7, 11) is 1.52. The molecule has 0 aliphatic carbocycles. The molecule has 2 aromatic rings.